The third-order valence-electron chi connectivity index (χ3n) is 1.86. The molecule has 0 atom stereocenters. The van der Waals surface area contributed by atoms with Crippen molar-refractivity contribution >= 4 is 15.9 Å². The first kappa shape index (κ1) is 12.4. The molecule has 0 saturated heterocycles. The number of hydrogen-bond acceptors (Lipinski definition) is 2. The van der Waals surface area contributed by atoms with Crippen LogP contribution in [0.5, 0.6) is 5.75 Å². The standard InChI is InChI=1S/C10H12BrF2NO/c1-10(2,14)4-5-3-6(12)8(13)7(11)9(5)15/h3,15H,4,14H2,1-2H3. The average molecular weight is 280 g/mol. The van der Waals surface area contributed by atoms with Crippen LogP contribution in [0.4, 0.5) is 8.78 Å². The second-order valence-electron chi connectivity index (χ2n) is 4.16. The fourth-order valence-corrected chi connectivity index (χ4v) is 1.70. The lowest BCUT2D eigenvalue weighted by Crippen LogP contribution is -2.34. The second kappa shape index (κ2) is 4.06. The summed E-state index contributed by atoms with van der Waals surface area (Å²) in [5.74, 6) is -2.39. The molecule has 0 amide bonds. The van der Waals surface area contributed by atoms with Crippen molar-refractivity contribution in [1.29, 1.82) is 0 Å². The topological polar surface area (TPSA) is 46.2 Å². The summed E-state index contributed by atoms with van der Waals surface area (Å²) < 4.78 is 25.8. The molecule has 0 heterocycles. The highest BCUT2D eigenvalue weighted by Gasteiger charge is 2.20. The molecule has 0 aliphatic rings. The predicted molar refractivity (Wildman–Crippen MR) is 57.7 cm³/mol. The normalized spacial score (nSPS) is 11.9. The van der Waals surface area contributed by atoms with Gasteiger partial charge in [0.1, 0.15) is 5.75 Å². The molecule has 2 nitrogen and oxygen atoms in total. The number of benzene rings is 1. The van der Waals surface area contributed by atoms with Gasteiger partial charge in [-0.05, 0) is 47.8 Å². The van der Waals surface area contributed by atoms with Crippen molar-refractivity contribution < 1.29 is 13.9 Å². The van der Waals surface area contributed by atoms with E-state index in [4.69, 9.17) is 5.73 Å². The van der Waals surface area contributed by atoms with Gasteiger partial charge in [0, 0.05) is 5.54 Å². The zero-order valence-corrected chi connectivity index (χ0v) is 10.0. The molecule has 84 valence electrons. The smallest absolute Gasteiger partial charge is 0.176 e. The van der Waals surface area contributed by atoms with Gasteiger partial charge in [-0.2, -0.15) is 0 Å². The molecule has 0 unspecified atom stereocenters. The van der Waals surface area contributed by atoms with E-state index in [9.17, 15) is 13.9 Å². The minimum absolute atomic E-state index is 0.259. The van der Waals surface area contributed by atoms with Gasteiger partial charge in [0.05, 0.1) is 4.47 Å². The van der Waals surface area contributed by atoms with E-state index in [2.05, 4.69) is 15.9 Å². The van der Waals surface area contributed by atoms with Crippen molar-refractivity contribution in [2.75, 3.05) is 0 Å². The van der Waals surface area contributed by atoms with Crippen LogP contribution in [0.15, 0.2) is 10.5 Å². The second-order valence-corrected chi connectivity index (χ2v) is 4.95. The van der Waals surface area contributed by atoms with Crippen LogP contribution in [0.25, 0.3) is 0 Å². The first-order valence-corrected chi connectivity index (χ1v) is 5.16. The number of phenols is 1. The zero-order chi connectivity index (χ0) is 11.8. The van der Waals surface area contributed by atoms with Gasteiger partial charge in [0.15, 0.2) is 11.6 Å². The van der Waals surface area contributed by atoms with Crippen molar-refractivity contribution in [3.8, 4) is 5.75 Å². The number of halogens is 3. The maximum absolute atomic E-state index is 13.0. The monoisotopic (exact) mass is 279 g/mol. The lowest BCUT2D eigenvalue weighted by molar-refractivity contribution is 0.427. The summed E-state index contributed by atoms with van der Waals surface area (Å²) >= 11 is 2.78. The van der Waals surface area contributed by atoms with Gasteiger partial charge >= 0.3 is 0 Å². The summed E-state index contributed by atoms with van der Waals surface area (Å²) in [6.07, 6.45) is 0.259. The molecule has 3 N–H and O–H groups in total. The Morgan fingerprint density at radius 3 is 2.47 bits per heavy atom. The van der Waals surface area contributed by atoms with Crippen molar-refractivity contribution in [2.45, 2.75) is 25.8 Å². The van der Waals surface area contributed by atoms with Crippen LogP contribution in [0.2, 0.25) is 0 Å². The molecular weight excluding hydrogens is 268 g/mol. The van der Waals surface area contributed by atoms with Crippen LogP contribution in [-0.4, -0.2) is 10.6 Å². The molecule has 0 spiro atoms. The summed E-state index contributed by atoms with van der Waals surface area (Å²) in [7, 11) is 0. The summed E-state index contributed by atoms with van der Waals surface area (Å²) in [5, 5.41) is 9.56. The third kappa shape index (κ3) is 2.89. The largest absolute Gasteiger partial charge is 0.506 e. The van der Waals surface area contributed by atoms with Crippen LogP contribution in [-0.2, 0) is 6.42 Å². The van der Waals surface area contributed by atoms with Crippen molar-refractivity contribution in [3.05, 3.63) is 27.7 Å². The van der Waals surface area contributed by atoms with E-state index < -0.39 is 17.2 Å². The summed E-state index contributed by atoms with van der Waals surface area (Å²) in [5.41, 5.74) is 5.42. The van der Waals surface area contributed by atoms with Crippen LogP contribution in [0.1, 0.15) is 19.4 Å². The maximum atomic E-state index is 13.0. The first-order chi connectivity index (χ1) is 6.72. The summed E-state index contributed by atoms with van der Waals surface area (Å²) in [6.45, 7) is 3.48. The molecule has 0 radical (unpaired) electrons. The van der Waals surface area contributed by atoms with Crippen molar-refractivity contribution in [1.82, 2.24) is 0 Å². The highest BCUT2D eigenvalue weighted by Crippen LogP contribution is 2.33. The molecule has 0 saturated carbocycles. The Balaban J connectivity index is 3.21. The minimum Gasteiger partial charge on any atom is -0.506 e. The van der Waals surface area contributed by atoms with Crippen LogP contribution in [0.3, 0.4) is 0 Å². The molecular formula is C10H12BrF2NO. The SMILES string of the molecule is CC(C)(N)Cc1cc(F)c(F)c(Br)c1O. The van der Waals surface area contributed by atoms with E-state index >= 15 is 0 Å². The van der Waals surface area contributed by atoms with E-state index in [0.29, 0.717) is 0 Å². The quantitative estimate of drug-likeness (QED) is 0.818. The number of phenolic OH excluding ortho intramolecular Hbond substituents is 1. The highest BCUT2D eigenvalue weighted by molar-refractivity contribution is 9.10. The number of rotatable bonds is 2. The lowest BCUT2D eigenvalue weighted by atomic mass is 9.95. The van der Waals surface area contributed by atoms with E-state index in [1.807, 2.05) is 0 Å². The Kier molecular flexibility index (Phi) is 3.35. The Bertz CT molecular complexity index is 388. The molecule has 1 rings (SSSR count). The van der Waals surface area contributed by atoms with Gasteiger partial charge in [-0.25, -0.2) is 8.78 Å². The Hall–Kier alpha value is -0.680. The van der Waals surface area contributed by atoms with Gasteiger partial charge < -0.3 is 10.8 Å². The van der Waals surface area contributed by atoms with E-state index in [1.54, 1.807) is 13.8 Å². The Labute approximate surface area is 95.2 Å². The molecule has 0 fully saturated rings. The molecule has 0 aliphatic carbocycles. The van der Waals surface area contributed by atoms with Crippen molar-refractivity contribution in [3.63, 3.8) is 0 Å². The van der Waals surface area contributed by atoms with Gasteiger partial charge in [0.25, 0.3) is 0 Å². The summed E-state index contributed by atoms with van der Waals surface area (Å²) in [6, 6.07) is 0.962. The molecule has 0 bridgehead atoms. The highest BCUT2D eigenvalue weighted by atomic mass is 79.9. The molecule has 1 aromatic carbocycles. The Morgan fingerprint density at radius 1 is 1.47 bits per heavy atom. The van der Waals surface area contributed by atoms with Gasteiger partial charge in [0.2, 0.25) is 0 Å². The van der Waals surface area contributed by atoms with Crippen molar-refractivity contribution in [2.24, 2.45) is 5.73 Å². The van der Waals surface area contributed by atoms with Gasteiger partial charge in [-0.3, -0.25) is 0 Å². The molecule has 0 aromatic heterocycles. The number of hydrogen-bond donors (Lipinski definition) is 2. The van der Waals surface area contributed by atoms with E-state index in [-0.39, 0.29) is 22.2 Å². The molecule has 15 heavy (non-hydrogen) atoms. The van der Waals surface area contributed by atoms with Crippen LogP contribution < -0.4 is 5.73 Å². The Morgan fingerprint density at radius 2 is 2.00 bits per heavy atom. The fourth-order valence-electron chi connectivity index (χ4n) is 1.26. The first-order valence-electron chi connectivity index (χ1n) is 4.36. The molecule has 1 aromatic rings. The fraction of sp³-hybridized carbons (Fsp3) is 0.400. The van der Waals surface area contributed by atoms with E-state index in [1.165, 1.54) is 0 Å². The van der Waals surface area contributed by atoms with Crippen LogP contribution in [0, 0.1) is 11.6 Å². The summed E-state index contributed by atoms with van der Waals surface area (Å²) in [4.78, 5) is 0. The molecule has 0 aliphatic heterocycles. The van der Waals surface area contributed by atoms with E-state index in [0.717, 1.165) is 6.07 Å². The average Bonchev–Trinajstić information content (AvgIpc) is 2.08. The van der Waals surface area contributed by atoms with Gasteiger partial charge in [-0.15, -0.1) is 0 Å². The predicted octanol–water partition coefficient (Wildman–Crippen LogP) is 2.71. The number of nitrogens with two attached hydrogens (primary N) is 1. The number of aromatic hydroxyl groups is 1. The zero-order valence-electron chi connectivity index (χ0n) is 8.44. The lowest BCUT2D eigenvalue weighted by Gasteiger charge is -2.19. The minimum atomic E-state index is -1.09. The molecule has 5 heteroatoms. The third-order valence-corrected chi connectivity index (χ3v) is 2.59. The van der Waals surface area contributed by atoms with Gasteiger partial charge in [-0.1, -0.05) is 0 Å². The maximum Gasteiger partial charge on any atom is 0.176 e. The van der Waals surface area contributed by atoms with Crippen LogP contribution >= 0.6 is 15.9 Å².